The molecule has 0 aliphatic rings. The van der Waals surface area contributed by atoms with E-state index in [2.05, 4.69) is 0 Å². The minimum atomic E-state index is -0.625. The van der Waals surface area contributed by atoms with Crippen LogP contribution in [0.3, 0.4) is 0 Å². The molecule has 1 rings (SSSR count). The Morgan fingerprint density at radius 3 is 2.64 bits per heavy atom. The fraction of sp³-hybridized carbons (Fsp3) is 0.250. The van der Waals surface area contributed by atoms with Crippen LogP contribution in [-0.4, -0.2) is 21.8 Å². The molecule has 0 amide bonds. The first-order valence-electron chi connectivity index (χ1n) is 3.98. The minimum Gasteiger partial charge on any atom is -0.504 e. The summed E-state index contributed by atoms with van der Waals surface area (Å²) in [5.41, 5.74) is 2.72. The summed E-state index contributed by atoms with van der Waals surface area (Å²) in [5.74, 6) is -0.417. The molecule has 0 atom stereocenters. The lowest BCUT2D eigenvalue weighted by Crippen LogP contribution is -2.23. The second kappa shape index (κ2) is 4.31. The molecule has 0 heterocycles. The van der Waals surface area contributed by atoms with E-state index in [1.165, 1.54) is 12.1 Å². The Labute approximate surface area is 79.9 Å². The van der Waals surface area contributed by atoms with Crippen LogP contribution in [0.15, 0.2) is 18.2 Å². The van der Waals surface area contributed by atoms with E-state index < -0.39 is 5.03 Å². The quantitative estimate of drug-likeness (QED) is 0.370. The first-order chi connectivity index (χ1) is 6.59. The summed E-state index contributed by atoms with van der Waals surface area (Å²) >= 11 is 0. The average Bonchev–Trinajstić information content (AvgIpc) is 2.10. The standard InChI is InChI=1S/C8H10N2O4/c11-7-2-1-6(5-8(7)12)3-4-9-10(13)14/h1-2,5,9,11-12H,3-4H2. The van der Waals surface area contributed by atoms with Gasteiger partial charge in [0.25, 0.3) is 0 Å². The monoisotopic (exact) mass is 198 g/mol. The number of nitrogens with one attached hydrogen (secondary N) is 1. The normalized spacial score (nSPS) is 9.71. The maximum atomic E-state index is 9.92. The molecule has 0 unspecified atom stereocenters. The number of nitrogens with zero attached hydrogens (tertiary/aromatic N) is 1. The van der Waals surface area contributed by atoms with E-state index >= 15 is 0 Å². The van der Waals surface area contributed by atoms with E-state index in [9.17, 15) is 10.1 Å². The van der Waals surface area contributed by atoms with E-state index in [0.717, 1.165) is 5.56 Å². The van der Waals surface area contributed by atoms with Crippen LogP contribution < -0.4 is 5.43 Å². The molecule has 14 heavy (non-hydrogen) atoms. The van der Waals surface area contributed by atoms with Gasteiger partial charge < -0.3 is 10.2 Å². The van der Waals surface area contributed by atoms with Gasteiger partial charge in [0.15, 0.2) is 16.5 Å². The van der Waals surface area contributed by atoms with Crippen molar-refractivity contribution in [2.45, 2.75) is 6.42 Å². The van der Waals surface area contributed by atoms with Crippen LogP contribution in [0.25, 0.3) is 0 Å². The zero-order valence-electron chi connectivity index (χ0n) is 7.30. The molecule has 0 saturated heterocycles. The van der Waals surface area contributed by atoms with Crippen LogP contribution in [-0.2, 0) is 6.42 Å². The number of benzene rings is 1. The molecule has 0 spiro atoms. The molecule has 0 radical (unpaired) electrons. The van der Waals surface area contributed by atoms with Gasteiger partial charge in [-0.3, -0.25) is 0 Å². The van der Waals surface area contributed by atoms with Crippen molar-refractivity contribution >= 4 is 0 Å². The number of rotatable bonds is 4. The molecule has 1 aromatic rings. The fourth-order valence-corrected chi connectivity index (χ4v) is 1.02. The molecule has 0 aromatic heterocycles. The summed E-state index contributed by atoms with van der Waals surface area (Å²) in [6.45, 7) is 0.178. The number of phenolic OH excluding ortho intramolecular Hbond substituents is 2. The molecule has 0 fully saturated rings. The van der Waals surface area contributed by atoms with Gasteiger partial charge >= 0.3 is 0 Å². The second-order valence-corrected chi connectivity index (χ2v) is 2.74. The van der Waals surface area contributed by atoms with Gasteiger partial charge in [0, 0.05) is 0 Å². The fourth-order valence-electron chi connectivity index (χ4n) is 1.02. The lowest BCUT2D eigenvalue weighted by Gasteiger charge is -2.01. The van der Waals surface area contributed by atoms with Crippen molar-refractivity contribution in [3.8, 4) is 11.5 Å². The van der Waals surface area contributed by atoms with Gasteiger partial charge in [0.1, 0.15) is 0 Å². The Hall–Kier alpha value is -1.98. The third-order valence-corrected chi connectivity index (χ3v) is 1.69. The third-order valence-electron chi connectivity index (χ3n) is 1.69. The maximum absolute atomic E-state index is 9.92. The van der Waals surface area contributed by atoms with Crippen LogP contribution in [0, 0.1) is 10.1 Å². The lowest BCUT2D eigenvalue weighted by atomic mass is 10.1. The molecule has 0 aliphatic carbocycles. The Morgan fingerprint density at radius 2 is 2.07 bits per heavy atom. The summed E-state index contributed by atoms with van der Waals surface area (Å²) in [7, 11) is 0. The molecule has 6 heteroatoms. The zero-order valence-corrected chi connectivity index (χ0v) is 7.30. The van der Waals surface area contributed by atoms with Crippen LogP contribution in [0.1, 0.15) is 5.56 Å². The Balaban J connectivity index is 2.51. The van der Waals surface area contributed by atoms with Crippen molar-refractivity contribution < 1.29 is 15.2 Å². The van der Waals surface area contributed by atoms with Crippen LogP contribution in [0.2, 0.25) is 0 Å². The van der Waals surface area contributed by atoms with E-state index in [4.69, 9.17) is 10.2 Å². The van der Waals surface area contributed by atoms with Gasteiger partial charge in [-0.05, 0) is 24.1 Å². The Morgan fingerprint density at radius 1 is 1.36 bits per heavy atom. The minimum absolute atomic E-state index is 0.178. The smallest absolute Gasteiger partial charge is 0.157 e. The number of hydrogen-bond donors (Lipinski definition) is 3. The van der Waals surface area contributed by atoms with Gasteiger partial charge in [-0.25, -0.2) is 10.1 Å². The summed E-state index contributed by atoms with van der Waals surface area (Å²) < 4.78 is 0. The topological polar surface area (TPSA) is 95.6 Å². The summed E-state index contributed by atoms with van der Waals surface area (Å²) in [6, 6.07) is 4.31. The number of hydrogen-bond acceptors (Lipinski definition) is 4. The zero-order chi connectivity index (χ0) is 10.6. The van der Waals surface area contributed by atoms with Crippen molar-refractivity contribution in [3.05, 3.63) is 33.9 Å². The van der Waals surface area contributed by atoms with Crippen molar-refractivity contribution in [1.29, 1.82) is 0 Å². The first kappa shape index (κ1) is 10.1. The third kappa shape index (κ3) is 2.81. The van der Waals surface area contributed by atoms with Crippen molar-refractivity contribution in [2.24, 2.45) is 0 Å². The molecule has 76 valence electrons. The summed E-state index contributed by atoms with van der Waals surface area (Å²) in [4.78, 5) is 9.92. The molecular weight excluding hydrogens is 188 g/mol. The van der Waals surface area contributed by atoms with Gasteiger partial charge in [-0.1, -0.05) is 6.07 Å². The highest BCUT2D eigenvalue weighted by Crippen LogP contribution is 2.24. The molecule has 1 aromatic carbocycles. The highest BCUT2D eigenvalue weighted by molar-refractivity contribution is 5.40. The molecular formula is C8H10N2O4. The summed E-state index contributed by atoms with van der Waals surface area (Å²) in [5, 5.41) is 27.4. The van der Waals surface area contributed by atoms with E-state index in [-0.39, 0.29) is 18.0 Å². The maximum Gasteiger partial charge on any atom is 0.157 e. The molecule has 0 aliphatic heterocycles. The molecule has 0 bridgehead atoms. The average molecular weight is 198 g/mol. The van der Waals surface area contributed by atoms with Gasteiger partial charge in [0.05, 0.1) is 6.54 Å². The predicted molar refractivity (Wildman–Crippen MR) is 48.5 cm³/mol. The van der Waals surface area contributed by atoms with E-state index in [0.29, 0.717) is 6.42 Å². The van der Waals surface area contributed by atoms with Crippen molar-refractivity contribution in [2.75, 3.05) is 6.54 Å². The number of hydrazine groups is 1. The van der Waals surface area contributed by atoms with Crippen LogP contribution in [0.5, 0.6) is 11.5 Å². The molecule has 3 N–H and O–H groups in total. The Bertz CT molecular complexity index is 340. The van der Waals surface area contributed by atoms with Gasteiger partial charge in [0.2, 0.25) is 0 Å². The SMILES string of the molecule is O=[N+]([O-])NCCc1ccc(O)c(O)c1. The molecule has 0 saturated carbocycles. The van der Waals surface area contributed by atoms with Crippen molar-refractivity contribution in [3.63, 3.8) is 0 Å². The lowest BCUT2D eigenvalue weighted by molar-refractivity contribution is -0.543. The highest BCUT2D eigenvalue weighted by atomic mass is 16.7. The second-order valence-electron chi connectivity index (χ2n) is 2.74. The molecule has 6 nitrogen and oxygen atoms in total. The number of phenols is 2. The Kier molecular flexibility index (Phi) is 3.11. The summed E-state index contributed by atoms with van der Waals surface area (Å²) in [6.07, 6.45) is 0.412. The number of aromatic hydroxyl groups is 2. The van der Waals surface area contributed by atoms with E-state index in [1.807, 2.05) is 5.43 Å². The highest BCUT2D eigenvalue weighted by Gasteiger charge is 2.01. The predicted octanol–water partition coefficient (Wildman–Crippen LogP) is 0.422. The van der Waals surface area contributed by atoms with Gasteiger partial charge in [-0.15, -0.1) is 5.43 Å². The van der Waals surface area contributed by atoms with Crippen LogP contribution in [0.4, 0.5) is 0 Å². The number of nitro groups is 1. The van der Waals surface area contributed by atoms with Crippen LogP contribution >= 0.6 is 0 Å². The van der Waals surface area contributed by atoms with Gasteiger partial charge in [-0.2, -0.15) is 0 Å². The first-order valence-corrected chi connectivity index (χ1v) is 3.98. The largest absolute Gasteiger partial charge is 0.504 e. The van der Waals surface area contributed by atoms with E-state index in [1.54, 1.807) is 6.07 Å². The van der Waals surface area contributed by atoms with Crippen molar-refractivity contribution in [1.82, 2.24) is 5.43 Å².